The molecule has 3 amide bonds. The first-order chi connectivity index (χ1) is 10.5. The molecule has 5 nitrogen and oxygen atoms in total. The number of likely N-dealkylation sites (tertiary alicyclic amines) is 1. The number of carbonyl (C=O) groups is 2. The van der Waals surface area contributed by atoms with Crippen molar-refractivity contribution in [1.82, 2.24) is 15.5 Å². The number of likely N-dealkylation sites (N-methyl/N-ethyl adjacent to an activating group) is 1. The zero-order valence-electron chi connectivity index (χ0n) is 13.1. The normalized spacial score (nSPS) is 22.5. The van der Waals surface area contributed by atoms with Crippen LogP contribution in [-0.2, 0) is 4.79 Å². The minimum absolute atomic E-state index is 0.0658. The zero-order valence-corrected chi connectivity index (χ0v) is 13.1. The average molecular weight is 301 g/mol. The van der Waals surface area contributed by atoms with E-state index < -0.39 is 0 Å². The Labute approximate surface area is 131 Å². The molecule has 0 radical (unpaired) electrons. The van der Waals surface area contributed by atoms with Gasteiger partial charge in [0.1, 0.15) is 0 Å². The number of nitrogens with zero attached hydrogens (tertiary/aromatic N) is 1. The van der Waals surface area contributed by atoms with Crippen LogP contribution in [0, 0.1) is 12.8 Å². The molecule has 118 valence electrons. The Balaban J connectivity index is 1.63. The van der Waals surface area contributed by atoms with Crippen LogP contribution in [0.25, 0.3) is 0 Å². The fourth-order valence-electron chi connectivity index (χ4n) is 3.14. The summed E-state index contributed by atoms with van der Waals surface area (Å²) in [6.07, 6.45) is 2.70. The minimum atomic E-state index is -0.173. The Hall–Kier alpha value is -2.04. The minimum Gasteiger partial charge on any atom is -0.344 e. The standard InChI is InChI=1S/C17H23N3O2/c1-11-5-3-4-6-14(11)16(12-7-8-12)19-17(22)18-13-9-15(21)20(2)10-13/h3-6,12-13,16H,7-10H2,1-2H3,(H2,18,19,22). The van der Waals surface area contributed by atoms with Gasteiger partial charge in [-0.05, 0) is 36.8 Å². The van der Waals surface area contributed by atoms with Crippen molar-refractivity contribution in [3.63, 3.8) is 0 Å². The van der Waals surface area contributed by atoms with E-state index in [-0.39, 0.29) is 24.0 Å². The van der Waals surface area contributed by atoms with Gasteiger partial charge < -0.3 is 15.5 Å². The van der Waals surface area contributed by atoms with Crippen molar-refractivity contribution in [2.24, 2.45) is 5.92 Å². The molecule has 0 spiro atoms. The van der Waals surface area contributed by atoms with E-state index in [0.717, 1.165) is 12.8 Å². The number of urea groups is 1. The lowest BCUT2D eigenvalue weighted by molar-refractivity contribution is -0.126. The summed E-state index contributed by atoms with van der Waals surface area (Å²) in [6.45, 7) is 2.67. The van der Waals surface area contributed by atoms with Gasteiger partial charge in [0.05, 0.1) is 12.1 Å². The third-order valence-electron chi connectivity index (χ3n) is 4.58. The molecule has 2 aliphatic rings. The van der Waals surface area contributed by atoms with E-state index in [0.29, 0.717) is 18.9 Å². The van der Waals surface area contributed by atoms with Crippen molar-refractivity contribution in [3.8, 4) is 0 Å². The maximum atomic E-state index is 12.3. The van der Waals surface area contributed by atoms with Gasteiger partial charge in [0.25, 0.3) is 0 Å². The number of benzene rings is 1. The molecular weight excluding hydrogens is 278 g/mol. The number of carbonyl (C=O) groups excluding carboxylic acids is 2. The molecule has 0 aromatic heterocycles. The average Bonchev–Trinajstić information content (AvgIpc) is 3.25. The fourth-order valence-corrected chi connectivity index (χ4v) is 3.14. The molecule has 0 bridgehead atoms. The predicted octanol–water partition coefficient (Wildman–Crippen LogP) is 1.98. The second-order valence-electron chi connectivity index (χ2n) is 6.46. The number of rotatable bonds is 4. The monoisotopic (exact) mass is 301 g/mol. The number of amides is 3. The highest BCUT2D eigenvalue weighted by Crippen LogP contribution is 2.41. The van der Waals surface area contributed by atoms with Gasteiger partial charge in [-0.25, -0.2) is 4.79 Å². The topological polar surface area (TPSA) is 61.4 Å². The molecule has 1 aliphatic heterocycles. The molecule has 1 saturated carbocycles. The van der Waals surface area contributed by atoms with E-state index in [9.17, 15) is 9.59 Å². The predicted molar refractivity (Wildman–Crippen MR) is 84.4 cm³/mol. The third kappa shape index (κ3) is 3.24. The highest BCUT2D eigenvalue weighted by Gasteiger charge is 2.35. The summed E-state index contributed by atoms with van der Waals surface area (Å²) in [7, 11) is 1.77. The Morgan fingerprint density at radius 3 is 2.64 bits per heavy atom. The van der Waals surface area contributed by atoms with Gasteiger partial charge in [0, 0.05) is 20.0 Å². The summed E-state index contributed by atoms with van der Waals surface area (Å²) in [6, 6.07) is 8.00. The van der Waals surface area contributed by atoms with Crippen LogP contribution >= 0.6 is 0 Å². The quantitative estimate of drug-likeness (QED) is 0.893. The van der Waals surface area contributed by atoms with E-state index in [1.54, 1.807) is 11.9 Å². The van der Waals surface area contributed by atoms with Crippen LogP contribution in [0.4, 0.5) is 4.79 Å². The number of nitrogens with one attached hydrogen (secondary N) is 2. The molecule has 2 unspecified atom stereocenters. The first-order valence-electron chi connectivity index (χ1n) is 7.91. The first-order valence-corrected chi connectivity index (χ1v) is 7.91. The third-order valence-corrected chi connectivity index (χ3v) is 4.58. The molecule has 1 heterocycles. The van der Waals surface area contributed by atoms with Crippen LogP contribution in [0.3, 0.4) is 0 Å². The van der Waals surface area contributed by atoms with Gasteiger partial charge in [0.2, 0.25) is 5.91 Å². The van der Waals surface area contributed by atoms with Gasteiger partial charge in [-0.1, -0.05) is 24.3 Å². The molecule has 2 atom stereocenters. The van der Waals surface area contributed by atoms with E-state index in [1.165, 1.54) is 11.1 Å². The van der Waals surface area contributed by atoms with E-state index >= 15 is 0 Å². The lowest BCUT2D eigenvalue weighted by Gasteiger charge is -2.22. The van der Waals surface area contributed by atoms with Gasteiger partial charge in [-0.15, -0.1) is 0 Å². The smallest absolute Gasteiger partial charge is 0.315 e. The molecular formula is C17H23N3O2. The highest BCUT2D eigenvalue weighted by atomic mass is 16.2. The molecule has 5 heteroatoms. The van der Waals surface area contributed by atoms with Crippen LogP contribution < -0.4 is 10.6 Å². The van der Waals surface area contributed by atoms with Crippen LogP contribution in [0.1, 0.15) is 36.4 Å². The fraction of sp³-hybridized carbons (Fsp3) is 0.529. The van der Waals surface area contributed by atoms with Crippen molar-refractivity contribution in [2.75, 3.05) is 13.6 Å². The van der Waals surface area contributed by atoms with Crippen molar-refractivity contribution in [1.29, 1.82) is 0 Å². The van der Waals surface area contributed by atoms with Crippen LogP contribution in [-0.4, -0.2) is 36.5 Å². The van der Waals surface area contributed by atoms with Crippen molar-refractivity contribution in [3.05, 3.63) is 35.4 Å². The van der Waals surface area contributed by atoms with Crippen molar-refractivity contribution < 1.29 is 9.59 Å². The Morgan fingerprint density at radius 1 is 1.32 bits per heavy atom. The molecule has 3 rings (SSSR count). The first kappa shape index (κ1) is 14.9. The summed E-state index contributed by atoms with van der Waals surface area (Å²) >= 11 is 0. The van der Waals surface area contributed by atoms with Gasteiger partial charge in [-0.2, -0.15) is 0 Å². The largest absolute Gasteiger partial charge is 0.344 e. The van der Waals surface area contributed by atoms with Gasteiger partial charge in [0.15, 0.2) is 0 Å². The lowest BCUT2D eigenvalue weighted by atomic mass is 9.98. The summed E-state index contributed by atoms with van der Waals surface area (Å²) in [5.41, 5.74) is 2.40. The Morgan fingerprint density at radius 2 is 2.05 bits per heavy atom. The number of aryl methyl sites for hydroxylation is 1. The van der Waals surface area contributed by atoms with Crippen molar-refractivity contribution >= 4 is 11.9 Å². The summed E-state index contributed by atoms with van der Waals surface area (Å²) < 4.78 is 0. The number of hydrogen-bond donors (Lipinski definition) is 2. The maximum Gasteiger partial charge on any atom is 0.315 e. The SMILES string of the molecule is Cc1ccccc1C(NC(=O)NC1CC(=O)N(C)C1)C1CC1. The second kappa shape index (κ2) is 5.99. The Bertz CT molecular complexity index is 583. The van der Waals surface area contributed by atoms with Gasteiger partial charge >= 0.3 is 6.03 Å². The molecule has 2 fully saturated rings. The van der Waals surface area contributed by atoms with Crippen LogP contribution in [0.5, 0.6) is 0 Å². The maximum absolute atomic E-state index is 12.3. The summed E-state index contributed by atoms with van der Waals surface area (Å²) in [4.78, 5) is 25.5. The van der Waals surface area contributed by atoms with Gasteiger partial charge in [-0.3, -0.25) is 4.79 Å². The molecule has 1 aromatic carbocycles. The molecule has 1 aliphatic carbocycles. The summed E-state index contributed by atoms with van der Waals surface area (Å²) in [5.74, 6) is 0.614. The molecule has 22 heavy (non-hydrogen) atoms. The molecule has 1 saturated heterocycles. The number of hydrogen-bond acceptors (Lipinski definition) is 2. The van der Waals surface area contributed by atoms with E-state index in [1.807, 2.05) is 12.1 Å². The second-order valence-corrected chi connectivity index (χ2v) is 6.46. The molecule has 1 aromatic rings. The van der Waals surface area contributed by atoms with Crippen molar-refractivity contribution in [2.45, 2.75) is 38.3 Å². The van der Waals surface area contributed by atoms with Crippen LogP contribution in [0.15, 0.2) is 24.3 Å². The van der Waals surface area contributed by atoms with Crippen LogP contribution in [0.2, 0.25) is 0 Å². The lowest BCUT2D eigenvalue weighted by Crippen LogP contribution is -2.44. The Kier molecular flexibility index (Phi) is 4.05. The zero-order chi connectivity index (χ0) is 15.7. The summed E-state index contributed by atoms with van der Waals surface area (Å²) in [5, 5.41) is 6.04. The molecule has 2 N–H and O–H groups in total. The highest BCUT2D eigenvalue weighted by molar-refractivity contribution is 5.81. The van der Waals surface area contributed by atoms with E-state index in [4.69, 9.17) is 0 Å². The van der Waals surface area contributed by atoms with E-state index in [2.05, 4.69) is 29.7 Å².